The third-order valence-corrected chi connectivity index (χ3v) is 12.0. The number of esters is 1. The first kappa shape index (κ1) is 58.8. The van der Waals surface area contributed by atoms with Crippen LogP contribution in [0.2, 0.25) is 0 Å². The Hall–Kier alpha value is -2.18. The fourth-order valence-electron chi connectivity index (χ4n) is 7.97. The van der Waals surface area contributed by atoms with Crippen molar-refractivity contribution >= 4 is 11.9 Å². The Morgan fingerprint density at radius 2 is 0.836 bits per heavy atom. The van der Waals surface area contributed by atoms with Crippen molar-refractivity contribution in [3.05, 3.63) is 48.6 Å². The van der Waals surface area contributed by atoms with E-state index in [9.17, 15) is 19.8 Å². The van der Waals surface area contributed by atoms with E-state index in [4.69, 9.17) is 4.74 Å². The van der Waals surface area contributed by atoms with Crippen LogP contribution in [0.5, 0.6) is 0 Å². The zero-order valence-corrected chi connectivity index (χ0v) is 40.5. The number of aliphatic hydroxyl groups excluding tert-OH is 2. The maximum Gasteiger partial charge on any atom is 0.306 e. The fourth-order valence-corrected chi connectivity index (χ4v) is 7.97. The number of rotatable bonds is 47. The Kier molecular flexibility index (Phi) is 47.1. The van der Waals surface area contributed by atoms with Crippen LogP contribution in [0.15, 0.2) is 48.6 Å². The lowest BCUT2D eigenvalue weighted by molar-refractivity contribution is -0.151. The molecule has 0 aromatic carbocycles. The quantitative estimate of drug-likeness (QED) is 0.0322. The van der Waals surface area contributed by atoms with Crippen LogP contribution < -0.4 is 5.32 Å². The summed E-state index contributed by atoms with van der Waals surface area (Å²) < 4.78 is 5.93. The highest BCUT2D eigenvalue weighted by Gasteiger charge is 2.24. The van der Waals surface area contributed by atoms with E-state index in [1.807, 2.05) is 0 Å². The van der Waals surface area contributed by atoms with E-state index in [-0.39, 0.29) is 24.9 Å². The van der Waals surface area contributed by atoms with Crippen LogP contribution in [-0.4, -0.2) is 46.9 Å². The molecule has 356 valence electrons. The first-order chi connectivity index (χ1) is 30.0. The zero-order chi connectivity index (χ0) is 44.5. The number of amides is 1. The molecule has 0 aliphatic carbocycles. The van der Waals surface area contributed by atoms with E-state index in [2.05, 4.69) is 74.7 Å². The van der Waals surface area contributed by atoms with Crippen LogP contribution in [0.4, 0.5) is 0 Å². The molecule has 3 unspecified atom stereocenters. The number of nitrogens with one attached hydrogen (secondary N) is 1. The highest BCUT2D eigenvalue weighted by atomic mass is 16.5. The third-order valence-electron chi connectivity index (χ3n) is 12.0. The molecular weight excluding hydrogens is 755 g/mol. The molecule has 0 saturated carbocycles. The molecular formula is C55H101NO5. The highest BCUT2D eigenvalue weighted by molar-refractivity contribution is 5.77. The average molecular weight is 856 g/mol. The zero-order valence-electron chi connectivity index (χ0n) is 40.5. The molecule has 0 heterocycles. The van der Waals surface area contributed by atoms with Gasteiger partial charge < -0.3 is 20.3 Å². The molecule has 6 nitrogen and oxygen atoms in total. The average Bonchev–Trinajstić information content (AvgIpc) is 3.25. The van der Waals surface area contributed by atoms with Crippen molar-refractivity contribution in [3.63, 3.8) is 0 Å². The smallest absolute Gasteiger partial charge is 0.306 e. The summed E-state index contributed by atoms with van der Waals surface area (Å²) in [6.45, 7) is 6.45. The Morgan fingerprint density at radius 1 is 0.475 bits per heavy atom. The fraction of sp³-hybridized carbons (Fsp3) is 0.818. The summed E-state index contributed by atoms with van der Waals surface area (Å²) >= 11 is 0. The summed E-state index contributed by atoms with van der Waals surface area (Å²) in [4.78, 5) is 26.1. The van der Waals surface area contributed by atoms with Crippen LogP contribution in [0.3, 0.4) is 0 Å². The van der Waals surface area contributed by atoms with Crippen LogP contribution in [0.1, 0.15) is 265 Å². The second-order valence-corrected chi connectivity index (χ2v) is 18.0. The van der Waals surface area contributed by atoms with E-state index in [1.54, 1.807) is 0 Å². The van der Waals surface area contributed by atoms with Crippen LogP contribution in [-0.2, 0) is 14.3 Å². The van der Waals surface area contributed by atoms with Crippen molar-refractivity contribution in [1.82, 2.24) is 5.32 Å². The maximum atomic E-state index is 13.2. The lowest BCUT2D eigenvalue weighted by Gasteiger charge is -2.24. The minimum Gasteiger partial charge on any atom is -0.462 e. The molecule has 0 bridgehead atoms. The summed E-state index contributed by atoms with van der Waals surface area (Å²) in [5.41, 5.74) is 0. The van der Waals surface area contributed by atoms with E-state index in [0.29, 0.717) is 19.3 Å². The van der Waals surface area contributed by atoms with Gasteiger partial charge in [0.2, 0.25) is 5.91 Å². The van der Waals surface area contributed by atoms with E-state index < -0.39 is 18.2 Å². The molecule has 3 N–H and O–H groups in total. The van der Waals surface area contributed by atoms with Gasteiger partial charge in [-0.25, -0.2) is 0 Å². The van der Waals surface area contributed by atoms with Gasteiger partial charge in [-0.15, -0.1) is 0 Å². The largest absolute Gasteiger partial charge is 0.462 e. The molecule has 0 rings (SSSR count). The van der Waals surface area contributed by atoms with Gasteiger partial charge in [0.25, 0.3) is 0 Å². The lowest BCUT2D eigenvalue weighted by Crippen LogP contribution is -2.46. The van der Waals surface area contributed by atoms with Gasteiger partial charge in [0.05, 0.1) is 25.2 Å². The molecule has 0 spiro atoms. The SMILES string of the molecule is CCCCC/C=C/C=C/C=C/C=C/CCCCCCCC(=O)OC(CCCCCCCCCCCCC)CC(=O)NC(CO)C(O)CCCCCCCCCCCCCCC. The molecule has 3 atom stereocenters. The lowest BCUT2D eigenvalue weighted by atomic mass is 10.0. The van der Waals surface area contributed by atoms with Crippen molar-refractivity contribution in [3.8, 4) is 0 Å². The highest BCUT2D eigenvalue weighted by Crippen LogP contribution is 2.18. The molecule has 0 fully saturated rings. The summed E-state index contributed by atoms with van der Waals surface area (Å²) in [5.74, 6) is -0.492. The normalized spacial score (nSPS) is 13.6. The minimum absolute atomic E-state index is 0.0701. The van der Waals surface area contributed by atoms with Crippen molar-refractivity contribution in [2.45, 2.75) is 283 Å². The van der Waals surface area contributed by atoms with Crippen LogP contribution in [0.25, 0.3) is 0 Å². The first-order valence-electron chi connectivity index (χ1n) is 26.4. The second-order valence-electron chi connectivity index (χ2n) is 18.0. The number of aliphatic hydroxyl groups is 2. The van der Waals surface area contributed by atoms with E-state index >= 15 is 0 Å². The Labute approximate surface area is 378 Å². The van der Waals surface area contributed by atoms with Gasteiger partial charge >= 0.3 is 5.97 Å². The molecule has 0 aliphatic heterocycles. The van der Waals surface area contributed by atoms with Crippen molar-refractivity contribution in [1.29, 1.82) is 0 Å². The molecule has 0 aliphatic rings. The standard InChI is InChI=1S/C55H101NO5/c1-4-7-10-13-16-19-22-24-25-26-27-28-30-33-36-39-42-45-48-55(60)61-51(46-43-40-37-34-31-21-18-15-12-9-6-3)49-54(59)56-52(50-57)53(58)47-44-41-38-35-32-29-23-20-17-14-11-8-5-2/h16,19,22,24-28,51-53,57-58H,4-15,17-18,20-21,23,29-50H2,1-3H3,(H,56,59)/b19-16+,24-22+,26-25+,28-27+. The van der Waals surface area contributed by atoms with E-state index in [1.165, 1.54) is 141 Å². The van der Waals surface area contributed by atoms with Crippen molar-refractivity contribution < 1.29 is 24.5 Å². The molecule has 6 heteroatoms. The molecule has 0 aromatic heterocycles. The third kappa shape index (κ3) is 44.2. The van der Waals surface area contributed by atoms with Gasteiger partial charge in [-0.1, -0.05) is 249 Å². The summed E-state index contributed by atoms with van der Waals surface area (Å²) in [6.07, 6.45) is 58.8. The van der Waals surface area contributed by atoms with Gasteiger partial charge in [0.1, 0.15) is 6.10 Å². The number of unbranched alkanes of at least 4 members (excludes halogenated alkanes) is 30. The van der Waals surface area contributed by atoms with Crippen LogP contribution >= 0.6 is 0 Å². The Balaban J connectivity index is 4.56. The van der Waals surface area contributed by atoms with Gasteiger partial charge in [-0.3, -0.25) is 9.59 Å². The monoisotopic (exact) mass is 856 g/mol. The van der Waals surface area contributed by atoms with Gasteiger partial charge in [0, 0.05) is 6.42 Å². The maximum absolute atomic E-state index is 13.2. The number of carbonyl (C=O) groups is 2. The molecule has 0 radical (unpaired) electrons. The molecule has 1 amide bonds. The van der Waals surface area contributed by atoms with Crippen molar-refractivity contribution in [2.24, 2.45) is 0 Å². The van der Waals surface area contributed by atoms with Gasteiger partial charge in [-0.05, 0) is 51.4 Å². The predicted octanol–water partition coefficient (Wildman–Crippen LogP) is 15.8. The molecule has 0 saturated heterocycles. The molecule has 61 heavy (non-hydrogen) atoms. The topological polar surface area (TPSA) is 95.9 Å². The Bertz CT molecular complexity index is 1050. The minimum atomic E-state index is -0.790. The number of allylic oxidation sites excluding steroid dienone is 8. The summed E-state index contributed by atoms with van der Waals surface area (Å²) in [6, 6.07) is -0.704. The number of hydrogen-bond donors (Lipinski definition) is 3. The number of ether oxygens (including phenoxy) is 1. The van der Waals surface area contributed by atoms with E-state index in [0.717, 1.165) is 77.0 Å². The van der Waals surface area contributed by atoms with Gasteiger partial charge in [0.15, 0.2) is 0 Å². The van der Waals surface area contributed by atoms with Crippen molar-refractivity contribution in [2.75, 3.05) is 6.61 Å². The Morgan fingerprint density at radius 3 is 1.30 bits per heavy atom. The number of carbonyl (C=O) groups excluding carboxylic acids is 2. The predicted molar refractivity (Wildman–Crippen MR) is 264 cm³/mol. The number of hydrogen-bond acceptors (Lipinski definition) is 5. The first-order valence-corrected chi connectivity index (χ1v) is 26.4. The van der Waals surface area contributed by atoms with Gasteiger partial charge in [-0.2, -0.15) is 0 Å². The summed E-state index contributed by atoms with van der Waals surface area (Å²) in [5, 5.41) is 23.8. The molecule has 0 aromatic rings. The second kappa shape index (κ2) is 48.8. The summed E-state index contributed by atoms with van der Waals surface area (Å²) in [7, 11) is 0. The van der Waals surface area contributed by atoms with Crippen LogP contribution in [0, 0.1) is 0 Å².